The molecule has 0 aliphatic rings. The predicted molar refractivity (Wildman–Crippen MR) is 183 cm³/mol. The number of imidazole rings is 1. The predicted octanol–water partition coefficient (Wildman–Crippen LogP) is 6.91. The average Bonchev–Trinajstić information content (AvgIpc) is 3.43. The smallest absolute Gasteiger partial charge is 0.245 e. The van der Waals surface area contributed by atoms with Crippen LogP contribution in [0.4, 0.5) is 5.69 Å². The minimum absolute atomic E-state index is 0.389. The molecule has 3 rings (SSSR count). The topological polar surface area (TPSA) is 71.8 Å². The summed E-state index contributed by atoms with van der Waals surface area (Å²) in [6.45, 7) is 8.28. The first kappa shape index (κ1) is 35.6. The van der Waals surface area contributed by atoms with Gasteiger partial charge in [0.1, 0.15) is 25.3 Å². The lowest BCUT2D eigenvalue weighted by Crippen LogP contribution is -2.30. The molecule has 0 amide bonds. The Morgan fingerprint density at radius 3 is 1.84 bits per heavy atom. The van der Waals surface area contributed by atoms with Gasteiger partial charge in [-0.3, -0.25) is 0 Å². The van der Waals surface area contributed by atoms with Gasteiger partial charge in [0.25, 0.3) is 0 Å². The van der Waals surface area contributed by atoms with Crippen molar-refractivity contribution < 1.29 is 9.47 Å². The molecule has 1 aromatic carbocycles. The van der Waals surface area contributed by atoms with Crippen molar-refractivity contribution in [1.82, 2.24) is 29.3 Å². The highest BCUT2D eigenvalue weighted by atomic mass is 16.5. The van der Waals surface area contributed by atoms with Crippen LogP contribution in [0.5, 0.6) is 11.6 Å². The quantitative estimate of drug-likeness (QED) is 0.0960. The van der Waals surface area contributed by atoms with Crippen LogP contribution in [-0.2, 0) is 6.54 Å². The lowest BCUT2D eigenvalue weighted by atomic mass is 10.1. The number of aromatic nitrogens is 4. The molecule has 44 heavy (non-hydrogen) atoms. The van der Waals surface area contributed by atoms with Crippen LogP contribution in [0, 0.1) is 0 Å². The molecule has 246 valence electrons. The fraction of sp³-hybridized carbons (Fsp3) is 0.686. The maximum absolute atomic E-state index is 6.00. The average molecular weight is 610 g/mol. The molecular formula is C35H59N7O2. The van der Waals surface area contributed by atoms with Crippen molar-refractivity contribution in [2.45, 2.75) is 90.5 Å². The van der Waals surface area contributed by atoms with Gasteiger partial charge >= 0.3 is 0 Å². The van der Waals surface area contributed by atoms with Crippen LogP contribution in [0.25, 0.3) is 11.2 Å². The van der Waals surface area contributed by atoms with Crippen molar-refractivity contribution in [3.8, 4) is 11.6 Å². The minimum atomic E-state index is 0.389. The molecule has 0 saturated carbocycles. The summed E-state index contributed by atoms with van der Waals surface area (Å²) < 4.78 is 14.1. The summed E-state index contributed by atoms with van der Waals surface area (Å²) in [5.41, 5.74) is 2.79. The fourth-order valence-corrected chi connectivity index (χ4v) is 5.47. The number of unbranched alkanes of at least 4 members (excludes halogenated alkanes) is 9. The van der Waals surface area contributed by atoms with Crippen molar-refractivity contribution in [2.75, 3.05) is 72.5 Å². The second kappa shape index (κ2) is 20.9. The first-order valence-corrected chi connectivity index (χ1v) is 17.0. The van der Waals surface area contributed by atoms with Crippen LogP contribution in [0.1, 0.15) is 84.0 Å². The van der Waals surface area contributed by atoms with Gasteiger partial charge in [0.05, 0.1) is 6.33 Å². The molecule has 9 nitrogen and oxygen atoms in total. The third-order valence-electron chi connectivity index (χ3n) is 7.98. The number of nitrogens with zero attached hydrogens (tertiary/aromatic N) is 7. The van der Waals surface area contributed by atoms with Gasteiger partial charge in [0.2, 0.25) is 5.88 Å². The van der Waals surface area contributed by atoms with Gasteiger partial charge in [-0.15, -0.1) is 0 Å². The molecule has 0 aliphatic heterocycles. The van der Waals surface area contributed by atoms with E-state index < -0.39 is 0 Å². The van der Waals surface area contributed by atoms with E-state index in [4.69, 9.17) is 9.47 Å². The fourth-order valence-electron chi connectivity index (χ4n) is 5.47. The van der Waals surface area contributed by atoms with Crippen LogP contribution in [0.3, 0.4) is 0 Å². The van der Waals surface area contributed by atoms with Crippen LogP contribution in [-0.4, -0.2) is 96.9 Å². The van der Waals surface area contributed by atoms with E-state index in [1.807, 2.05) is 6.33 Å². The molecule has 0 N–H and O–H groups in total. The van der Waals surface area contributed by atoms with Crippen LogP contribution < -0.4 is 14.4 Å². The van der Waals surface area contributed by atoms with E-state index >= 15 is 0 Å². The first-order chi connectivity index (χ1) is 21.5. The summed E-state index contributed by atoms with van der Waals surface area (Å²) in [6, 6.07) is 8.43. The molecule has 2 aromatic heterocycles. The number of fused-ring (bicyclic) bond motifs is 1. The molecular weight excluding hydrogens is 550 g/mol. The third-order valence-corrected chi connectivity index (χ3v) is 7.98. The molecule has 3 aromatic rings. The zero-order valence-electron chi connectivity index (χ0n) is 28.3. The molecule has 0 fully saturated rings. The van der Waals surface area contributed by atoms with Gasteiger partial charge in [0, 0.05) is 25.3 Å². The molecule has 9 heteroatoms. The van der Waals surface area contributed by atoms with Crippen LogP contribution >= 0.6 is 0 Å². The Morgan fingerprint density at radius 1 is 0.636 bits per heavy atom. The third kappa shape index (κ3) is 13.4. The van der Waals surface area contributed by atoms with Crippen molar-refractivity contribution in [3.63, 3.8) is 0 Å². The monoisotopic (exact) mass is 609 g/mol. The van der Waals surface area contributed by atoms with Crippen molar-refractivity contribution in [2.24, 2.45) is 0 Å². The SMILES string of the molecule is CCCCCCCCCCCCn1cnc2c(OCCOc3ccc(N(CCCN(C)C)CCCN(C)C)cc3)ncnc21. The van der Waals surface area contributed by atoms with Gasteiger partial charge in [-0.2, -0.15) is 4.98 Å². The number of benzene rings is 1. The number of rotatable bonds is 25. The normalized spacial score (nSPS) is 11.6. The number of hydrogen-bond donors (Lipinski definition) is 0. The molecule has 0 spiro atoms. The van der Waals surface area contributed by atoms with Gasteiger partial charge in [0.15, 0.2) is 11.2 Å². The van der Waals surface area contributed by atoms with E-state index in [2.05, 4.69) is 93.6 Å². The summed E-state index contributed by atoms with van der Waals surface area (Å²) >= 11 is 0. The largest absolute Gasteiger partial charge is 0.490 e. The number of hydrogen-bond acceptors (Lipinski definition) is 8. The van der Waals surface area contributed by atoms with Crippen molar-refractivity contribution in [1.29, 1.82) is 0 Å². The molecule has 0 saturated heterocycles. The molecule has 0 bridgehead atoms. The summed E-state index contributed by atoms with van der Waals surface area (Å²) in [5.74, 6) is 1.36. The van der Waals surface area contributed by atoms with E-state index in [1.54, 1.807) is 6.33 Å². The van der Waals surface area contributed by atoms with Crippen molar-refractivity contribution in [3.05, 3.63) is 36.9 Å². The van der Waals surface area contributed by atoms with Gasteiger partial charge in [-0.1, -0.05) is 64.7 Å². The second-order valence-electron chi connectivity index (χ2n) is 12.5. The standard InChI is InChI=1S/C35H59N7O2/c1-6-7-8-9-10-11-12-13-14-15-24-42-30-38-33-34(42)36-29-37-35(33)44-28-27-43-32-20-18-31(19-21-32)41(25-16-22-39(2)3)26-17-23-40(4)5/h18-21,29-30H,6-17,22-28H2,1-5H3. The Balaban J connectivity index is 1.40. The van der Waals surface area contributed by atoms with E-state index in [-0.39, 0.29) is 0 Å². The Bertz CT molecular complexity index is 1140. The lowest BCUT2D eigenvalue weighted by molar-refractivity contribution is 0.213. The Hall–Kier alpha value is -2.91. The Kier molecular flexibility index (Phi) is 16.9. The molecule has 0 aliphatic carbocycles. The van der Waals surface area contributed by atoms with E-state index in [1.165, 1.54) is 63.5 Å². The molecule has 0 unspecified atom stereocenters. The summed E-state index contributed by atoms with van der Waals surface area (Å²) in [6.07, 6.45) is 19.0. The number of aryl methyl sites for hydroxylation is 1. The molecule has 0 atom stereocenters. The summed E-state index contributed by atoms with van der Waals surface area (Å²) in [4.78, 5) is 20.4. The Labute approximate surface area is 267 Å². The highest BCUT2D eigenvalue weighted by molar-refractivity contribution is 5.75. The van der Waals surface area contributed by atoms with E-state index in [0.29, 0.717) is 24.6 Å². The summed E-state index contributed by atoms with van der Waals surface area (Å²) in [7, 11) is 8.52. The van der Waals surface area contributed by atoms with Crippen LogP contribution in [0.15, 0.2) is 36.9 Å². The van der Waals surface area contributed by atoms with Gasteiger partial charge < -0.3 is 28.7 Å². The maximum atomic E-state index is 6.00. The Morgan fingerprint density at radius 2 is 1.23 bits per heavy atom. The molecule has 0 radical (unpaired) electrons. The second-order valence-corrected chi connectivity index (χ2v) is 12.5. The number of anilines is 1. The number of ether oxygens (including phenoxy) is 2. The minimum Gasteiger partial charge on any atom is -0.490 e. The zero-order chi connectivity index (χ0) is 31.4. The molecule has 2 heterocycles. The highest BCUT2D eigenvalue weighted by Gasteiger charge is 2.12. The van der Waals surface area contributed by atoms with E-state index in [9.17, 15) is 0 Å². The van der Waals surface area contributed by atoms with Gasteiger partial charge in [-0.05, 0) is 84.8 Å². The maximum Gasteiger partial charge on any atom is 0.245 e. The highest BCUT2D eigenvalue weighted by Crippen LogP contribution is 2.22. The van der Waals surface area contributed by atoms with Crippen molar-refractivity contribution >= 4 is 16.9 Å². The first-order valence-electron chi connectivity index (χ1n) is 17.0. The van der Waals surface area contributed by atoms with Crippen LogP contribution in [0.2, 0.25) is 0 Å². The van der Waals surface area contributed by atoms with E-state index in [0.717, 1.165) is 63.4 Å². The van der Waals surface area contributed by atoms with Gasteiger partial charge in [-0.25, -0.2) is 9.97 Å². The lowest BCUT2D eigenvalue weighted by Gasteiger charge is -2.26. The zero-order valence-corrected chi connectivity index (χ0v) is 28.3. The summed E-state index contributed by atoms with van der Waals surface area (Å²) in [5, 5.41) is 0.